The Labute approximate surface area is 167 Å². The van der Waals surface area contributed by atoms with Gasteiger partial charge in [-0.2, -0.15) is 0 Å². The number of nitrogens with one attached hydrogen (secondary N) is 1. The summed E-state index contributed by atoms with van der Waals surface area (Å²) >= 11 is 7.45. The van der Waals surface area contributed by atoms with E-state index in [0.29, 0.717) is 16.3 Å². The first-order valence-corrected chi connectivity index (χ1v) is 9.92. The molecule has 1 amide bonds. The summed E-state index contributed by atoms with van der Waals surface area (Å²) in [6.45, 7) is 1.47. The van der Waals surface area contributed by atoms with Gasteiger partial charge in [-0.05, 0) is 43.5 Å². The Morgan fingerprint density at radius 3 is 2.44 bits per heavy atom. The number of esters is 1. The smallest absolute Gasteiger partial charge is 0.307 e. The molecule has 2 aromatic carbocycles. The van der Waals surface area contributed by atoms with Crippen molar-refractivity contribution in [3.05, 3.63) is 59.1 Å². The predicted octanol–water partition coefficient (Wildman–Crippen LogP) is 4.60. The van der Waals surface area contributed by atoms with Gasteiger partial charge in [0.15, 0.2) is 11.9 Å². The van der Waals surface area contributed by atoms with E-state index in [-0.39, 0.29) is 18.6 Å². The molecule has 1 atom stereocenters. The van der Waals surface area contributed by atoms with Gasteiger partial charge in [-0.1, -0.05) is 29.8 Å². The standard InChI is InChI=1S/C20H20ClNO4S/c1-13(20(25)22-16-5-3-4-15(21)12-16)26-19(24)11-10-18(23)14-6-8-17(27-2)9-7-14/h3-9,12-13H,10-11H2,1-2H3,(H,22,25)/t13-/m0/s1. The second-order valence-corrected chi connectivity index (χ2v) is 7.10. The SMILES string of the molecule is CSc1ccc(C(=O)CCC(=O)O[C@@H](C)C(=O)Nc2cccc(Cl)c2)cc1. The van der Waals surface area contributed by atoms with Gasteiger partial charge >= 0.3 is 5.97 Å². The highest BCUT2D eigenvalue weighted by atomic mass is 35.5. The molecule has 0 heterocycles. The van der Waals surface area contributed by atoms with Crippen molar-refractivity contribution >= 4 is 46.7 Å². The van der Waals surface area contributed by atoms with E-state index in [1.54, 1.807) is 48.2 Å². The third-order valence-corrected chi connectivity index (χ3v) is 4.72. The molecule has 2 rings (SSSR count). The first kappa shape index (κ1) is 21.0. The second-order valence-electron chi connectivity index (χ2n) is 5.78. The van der Waals surface area contributed by atoms with E-state index in [4.69, 9.17) is 16.3 Å². The van der Waals surface area contributed by atoms with Crippen molar-refractivity contribution in [3.8, 4) is 0 Å². The maximum absolute atomic E-state index is 12.1. The van der Waals surface area contributed by atoms with Gasteiger partial charge in [0.2, 0.25) is 0 Å². The van der Waals surface area contributed by atoms with Crippen LogP contribution >= 0.6 is 23.4 Å². The Morgan fingerprint density at radius 2 is 1.81 bits per heavy atom. The number of ketones is 1. The minimum absolute atomic E-state index is 0.0279. The van der Waals surface area contributed by atoms with Gasteiger partial charge in [0.25, 0.3) is 5.91 Å². The fraction of sp³-hybridized carbons (Fsp3) is 0.250. The molecular formula is C20H20ClNO4S. The fourth-order valence-electron chi connectivity index (χ4n) is 2.26. The normalized spacial score (nSPS) is 11.5. The maximum Gasteiger partial charge on any atom is 0.307 e. The molecule has 5 nitrogen and oxygen atoms in total. The van der Waals surface area contributed by atoms with Gasteiger partial charge in [-0.15, -0.1) is 11.8 Å². The molecule has 0 aliphatic carbocycles. The summed E-state index contributed by atoms with van der Waals surface area (Å²) in [6, 6.07) is 13.9. The number of carbonyl (C=O) groups excluding carboxylic acids is 3. The van der Waals surface area contributed by atoms with E-state index in [2.05, 4.69) is 5.32 Å². The third-order valence-electron chi connectivity index (χ3n) is 3.74. The van der Waals surface area contributed by atoms with E-state index < -0.39 is 18.0 Å². The number of amides is 1. The molecule has 0 unspecified atom stereocenters. The zero-order valence-electron chi connectivity index (χ0n) is 15.0. The minimum Gasteiger partial charge on any atom is -0.453 e. The number of anilines is 1. The van der Waals surface area contributed by atoms with Gasteiger partial charge in [0, 0.05) is 27.6 Å². The summed E-state index contributed by atoms with van der Waals surface area (Å²) in [5.41, 5.74) is 1.06. The third kappa shape index (κ3) is 6.73. The van der Waals surface area contributed by atoms with E-state index in [9.17, 15) is 14.4 Å². The molecule has 0 aliphatic heterocycles. The van der Waals surface area contributed by atoms with Crippen molar-refractivity contribution in [2.24, 2.45) is 0 Å². The van der Waals surface area contributed by atoms with Crippen LogP contribution in [0.1, 0.15) is 30.1 Å². The van der Waals surface area contributed by atoms with E-state index in [1.807, 2.05) is 18.4 Å². The number of thioether (sulfide) groups is 1. The average Bonchev–Trinajstić information content (AvgIpc) is 2.66. The zero-order valence-corrected chi connectivity index (χ0v) is 16.6. The number of carbonyl (C=O) groups is 3. The van der Waals surface area contributed by atoms with Gasteiger partial charge in [0.05, 0.1) is 6.42 Å². The van der Waals surface area contributed by atoms with Gasteiger partial charge < -0.3 is 10.1 Å². The predicted molar refractivity (Wildman–Crippen MR) is 107 cm³/mol. The molecule has 0 radical (unpaired) electrons. The molecule has 0 aliphatic rings. The van der Waals surface area contributed by atoms with Crippen LogP contribution in [0.25, 0.3) is 0 Å². The number of halogens is 1. The number of hydrogen-bond acceptors (Lipinski definition) is 5. The Morgan fingerprint density at radius 1 is 1.11 bits per heavy atom. The quantitative estimate of drug-likeness (QED) is 0.395. The van der Waals surface area contributed by atoms with Gasteiger partial charge in [-0.3, -0.25) is 14.4 Å². The van der Waals surface area contributed by atoms with Crippen LogP contribution in [-0.4, -0.2) is 30.0 Å². The molecule has 1 N–H and O–H groups in total. The van der Waals surface area contributed by atoms with Crippen molar-refractivity contribution in [1.29, 1.82) is 0 Å². The summed E-state index contributed by atoms with van der Waals surface area (Å²) in [7, 11) is 0. The van der Waals surface area contributed by atoms with Crippen molar-refractivity contribution in [3.63, 3.8) is 0 Å². The Hall–Kier alpha value is -2.31. The summed E-state index contributed by atoms with van der Waals surface area (Å²) in [6.07, 6.45) is 0.918. The lowest BCUT2D eigenvalue weighted by Gasteiger charge is -2.13. The molecule has 0 fully saturated rings. The lowest BCUT2D eigenvalue weighted by atomic mass is 10.1. The minimum atomic E-state index is -0.979. The van der Waals surface area contributed by atoms with Gasteiger partial charge in [0.1, 0.15) is 0 Å². The van der Waals surface area contributed by atoms with Crippen LogP contribution < -0.4 is 5.32 Å². The van der Waals surface area contributed by atoms with Crippen LogP contribution in [0.5, 0.6) is 0 Å². The Balaban J connectivity index is 1.79. The Bertz CT molecular complexity index is 823. The highest BCUT2D eigenvalue weighted by Crippen LogP contribution is 2.17. The summed E-state index contributed by atoms with van der Waals surface area (Å²) in [5, 5.41) is 3.11. The van der Waals surface area contributed by atoms with Crippen LogP contribution in [0.15, 0.2) is 53.4 Å². The number of rotatable bonds is 8. The fourth-order valence-corrected chi connectivity index (χ4v) is 2.86. The molecular weight excluding hydrogens is 386 g/mol. The second kappa shape index (κ2) is 10.1. The molecule has 142 valence electrons. The zero-order chi connectivity index (χ0) is 19.8. The molecule has 0 saturated heterocycles. The molecule has 2 aromatic rings. The van der Waals surface area contributed by atoms with E-state index in [1.165, 1.54) is 6.92 Å². The number of hydrogen-bond donors (Lipinski definition) is 1. The molecule has 27 heavy (non-hydrogen) atoms. The highest BCUT2D eigenvalue weighted by molar-refractivity contribution is 7.98. The molecule has 0 spiro atoms. The molecule has 0 saturated carbocycles. The van der Waals surface area contributed by atoms with E-state index in [0.717, 1.165) is 4.90 Å². The van der Waals surface area contributed by atoms with Crippen molar-refractivity contribution in [1.82, 2.24) is 0 Å². The molecule has 7 heteroatoms. The van der Waals surface area contributed by atoms with Crippen LogP contribution in [0.2, 0.25) is 5.02 Å². The summed E-state index contributed by atoms with van der Waals surface area (Å²) < 4.78 is 5.10. The maximum atomic E-state index is 12.1. The largest absolute Gasteiger partial charge is 0.453 e. The van der Waals surface area contributed by atoms with Crippen LogP contribution in [0.4, 0.5) is 5.69 Å². The lowest BCUT2D eigenvalue weighted by molar-refractivity contribution is -0.153. The summed E-state index contributed by atoms with van der Waals surface area (Å²) in [4.78, 5) is 37.2. The molecule has 0 bridgehead atoms. The number of ether oxygens (including phenoxy) is 1. The monoisotopic (exact) mass is 405 g/mol. The Kier molecular flexibility index (Phi) is 7.88. The molecule has 0 aromatic heterocycles. The highest BCUT2D eigenvalue weighted by Gasteiger charge is 2.19. The van der Waals surface area contributed by atoms with Crippen LogP contribution in [0.3, 0.4) is 0 Å². The van der Waals surface area contributed by atoms with E-state index >= 15 is 0 Å². The topological polar surface area (TPSA) is 72.5 Å². The number of benzene rings is 2. The summed E-state index contributed by atoms with van der Waals surface area (Å²) in [5.74, 6) is -1.21. The first-order chi connectivity index (χ1) is 12.9. The van der Waals surface area contributed by atoms with Gasteiger partial charge in [-0.25, -0.2) is 0 Å². The lowest BCUT2D eigenvalue weighted by Crippen LogP contribution is -2.30. The van der Waals surface area contributed by atoms with Crippen molar-refractivity contribution < 1.29 is 19.1 Å². The van der Waals surface area contributed by atoms with Crippen molar-refractivity contribution in [2.75, 3.05) is 11.6 Å². The van der Waals surface area contributed by atoms with Crippen LogP contribution in [0, 0.1) is 0 Å². The van der Waals surface area contributed by atoms with Crippen molar-refractivity contribution in [2.45, 2.75) is 30.8 Å². The first-order valence-electron chi connectivity index (χ1n) is 8.32. The number of Topliss-reactive ketones (excluding diaryl/α,β-unsaturated/α-hetero) is 1. The average molecular weight is 406 g/mol. The van der Waals surface area contributed by atoms with Crippen LogP contribution in [-0.2, 0) is 14.3 Å².